The van der Waals surface area contributed by atoms with Gasteiger partial charge in [-0.2, -0.15) is 5.10 Å². The summed E-state index contributed by atoms with van der Waals surface area (Å²) in [5, 5.41) is 6.27. The lowest BCUT2D eigenvalue weighted by atomic mass is 10.1. The molecule has 17 nitrogen and oxygen atoms in total. The van der Waals surface area contributed by atoms with E-state index in [2.05, 4.69) is 88.6 Å². The fraction of sp³-hybridized carbons (Fsp3) is 0.487. The zero-order chi connectivity index (χ0) is 42.4. The van der Waals surface area contributed by atoms with Gasteiger partial charge in [0.05, 0.1) is 30.6 Å². The smallest absolute Gasteiger partial charge is 0.323 e. The van der Waals surface area contributed by atoms with Crippen LogP contribution in [0, 0.1) is 23.7 Å². The van der Waals surface area contributed by atoms with E-state index in [0.717, 1.165) is 12.2 Å². The summed E-state index contributed by atoms with van der Waals surface area (Å²) >= 11 is 0. The Morgan fingerprint density at radius 2 is 1.12 bits per heavy atom. The predicted molar refractivity (Wildman–Crippen MR) is 218 cm³/mol. The highest BCUT2D eigenvalue weighted by molar-refractivity contribution is 5.97. The van der Waals surface area contributed by atoms with Gasteiger partial charge in [-0.05, 0) is 23.3 Å². The van der Waals surface area contributed by atoms with Gasteiger partial charge in [0.1, 0.15) is 11.4 Å². The fourth-order valence-electron chi connectivity index (χ4n) is 4.16. The summed E-state index contributed by atoms with van der Waals surface area (Å²) in [5.74, 6) is 1.84. The molecule has 0 aliphatic carbocycles. The molecular weight excluding hydrogens is 717 g/mol. The SMILES string of the molecule is CC(C)C(=O)c1c[nH]c(=O)[nH]1.CC(C)C(=O)c1cn[nH]c1.CC(C)C(=O)c1cnc[nH]1.CC(C)C1=CNNC1.CC(C)c1c[nH]c(=O)[nH]1.CC(C)c1cnc[nH]1. The first-order valence-electron chi connectivity index (χ1n) is 18.7. The lowest BCUT2D eigenvalue weighted by molar-refractivity contribution is 0.0927. The van der Waals surface area contributed by atoms with Crippen molar-refractivity contribution in [1.29, 1.82) is 0 Å². The Kier molecular flexibility index (Phi) is 21.7. The molecule has 5 aromatic rings. The molecule has 0 unspecified atom stereocenters. The number of hydrogen-bond acceptors (Lipinski definition) is 10. The molecule has 0 amide bonds. The van der Waals surface area contributed by atoms with Crippen molar-refractivity contribution in [2.24, 2.45) is 23.7 Å². The van der Waals surface area contributed by atoms with Crippen molar-refractivity contribution in [3.8, 4) is 0 Å². The van der Waals surface area contributed by atoms with Gasteiger partial charge in [0.2, 0.25) is 0 Å². The van der Waals surface area contributed by atoms with E-state index >= 15 is 0 Å². The molecule has 0 bridgehead atoms. The molecule has 0 saturated heterocycles. The lowest BCUT2D eigenvalue weighted by Crippen LogP contribution is -2.20. The number of aromatic nitrogens is 10. The Bertz CT molecular complexity index is 1890. The van der Waals surface area contributed by atoms with Gasteiger partial charge in [-0.3, -0.25) is 19.5 Å². The average Bonchev–Trinajstić information content (AvgIpc) is 4.01. The number of carbonyl (C=O) groups is 3. The highest BCUT2D eigenvalue weighted by Crippen LogP contribution is 2.09. The molecule has 0 saturated carbocycles. The summed E-state index contributed by atoms with van der Waals surface area (Å²) in [6, 6.07) is 0. The molecule has 6 rings (SSSR count). The number of ketones is 3. The van der Waals surface area contributed by atoms with E-state index in [9.17, 15) is 24.0 Å². The highest BCUT2D eigenvalue weighted by Gasteiger charge is 2.12. The molecule has 0 spiro atoms. The van der Waals surface area contributed by atoms with Gasteiger partial charge in [-0.25, -0.2) is 25.0 Å². The van der Waals surface area contributed by atoms with Crippen molar-refractivity contribution in [2.75, 3.05) is 6.54 Å². The van der Waals surface area contributed by atoms with Crippen LogP contribution in [0.15, 0.2) is 71.2 Å². The molecule has 308 valence electrons. The monoisotopic (exact) mass is 778 g/mol. The van der Waals surface area contributed by atoms with Crippen LogP contribution in [0.1, 0.15) is 138 Å². The van der Waals surface area contributed by atoms with E-state index in [1.165, 1.54) is 23.8 Å². The summed E-state index contributed by atoms with van der Waals surface area (Å²) in [6.45, 7) is 24.7. The maximum absolute atomic E-state index is 11.2. The van der Waals surface area contributed by atoms with E-state index in [4.69, 9.17) is 0 Å². The minimum absolute atomic E-state index is 0.0421. The van der Waals surface area contributed by atoms with E-state index in [1.807, 2.05) is 53.9 Å². The molecule has 0 aromatic carbocycles. The number of carbonyl (C=O) groups excluding carboxylic acids is 3. The normalized spacial score (nSPS) is 11.6. The van der Waals surface area contributed by atoms with Gasteiger partial charge in [-0.15, -0.1) is 0 Å². The molecular formula is C39H62N12O5. The summed E-state index contributed by atoms with van der Waals surface area (Å²) in [6.07, 6.45) is 14.9. The first-order chi connectivity index (χ1) is 26.3. The second-order valence-electron chi connectivity index (χ2n) is 14.6. The van der Waals surface area contributed by atoms with Crippen LogP contribution in [0.5, 0.6) is 0 Å². The van der Waals surface area contributed by atoms with E-state index in [-0.39, 0.29) is 46.5 Å². The molecule has 0 radical (unpaired) electrons. The number of nitrogens with zero attached hydrogens (tertiary/aromatic N) is 3. The number of hydrazine groups is 1. The predicted octanol–water partition coefficient (Wildman–Crippen LogP) is 6.03. The van der Waals surface area contributed by atoms with Gasteiger partial charge in [0, 0.05) is 66.7 Å². The fourth-order valence-corrected chi connectivity index (χ4v) is 4.16. The van der Waals surface area contributed by atoms with Crippen molar-refractivity contribution in [3.63, 3.8) is 0 Å². The number of nitrogens with one attached hydrogen (secondary N) is 9. The first kappa shape index (κ1) is 48.2. The molecule has 0 atom stereocenters. The van der Waals surface area contributed by atoms with Crippen LogP contribution in [0.25, 0.3) is 0 Å². The van der Waals surface area contributed by atoms with Gasteiger partial charge in [-0.1, -0.05) is 83.1 Å². The Balaban J connectivity index is 0.000000337. The molecule has 1 aliphatic heterocycles. The van der Waals surface area contributed by atoms with Crippen LogP contribution in [0.3, 0.4) is 0 Å². The zero-order valence-corrected chi connectivity index (χ0v) is 34.8. The van der Waals surface area contributed by atoms with Gasteiger partial charge < -0.3 is 35.3 Å². The molecule has 9 N–H and O–H groups in total. The van der Waals surface area contributed by atoms with Crippen molar-refractivity contribution in [3.05, 3.63) is 111 Å². The van der Waals surface area contributed by atoms with Crippen molar-refractivity contribution < 1.29 is 14.4 Å². The maximum atomic E-state index is 11.2. The van der Waals surface area contributed by atoms with E-state index < -0.39 is 0 Å². The minimum atomic E-state index is -0.339. The van der Waals surface area contributed by atoms with Crippen LogP contribution in [-0.4, -0.2) is 74.0 Å². The van der Waals surface area contributed by atoms with Gasteiger partial charge in [0.25, 0.3) is 0 Å². The van der Waals surface area contributed by atoms with Crippen LogP contribution >= 0.6 is 0 Å². The average molecular weight is 779 g/mol. The topological polar surface area (TPSA) is 259 Å². The second kappa shape index (κ2) is 25.3. The van der Waals surface area contributed by atoms with Crippen molar-refractivity contribution >= 4 is 17.3 Å². The second-order valence-corrected chi connectivity index (χ2v) is 14.6. The molecule has 6 heterocycles. The third-order valence-electron chi connectivity index (χ3n) is 7.75. The van der Waals surface area contributed by atoms with Crippen LogP contribution in [0.2, 0.25) is 0 Å². The van der Waals surface area contributed by atoms with Gasteiger partial charge in [0.15, 0.2) is 17.3 Å². The molecule has 0 fully saturated rings. The molecule has 17 heteroatoms. The Hall–Kier alpha value is -5.84. The zero-order valence-electron chi connectivity index (χ0n) is 34.8. The quantitative estimate of drug-likeness (QED) is 0.0785. The third-order valence-corrected chi connectivity index (χ3v) is 7.75. The Morgan fingerprint density at radius 3 is 1.45 bits per heavy atom. The highest BCUT2D eigenvalue weighted by atomic mass is 16.2. The Labute approximate surface area is 328 Å². The Morgan fingerprint density at radius 1 is 0.571 bits per heavy atom. The molecule has 5 aromatic heterocycles. The largest absolute Gasteiger partial charge is 0.348 e. The number of Topliss-reactive ketones (excluding diaryl/α,β-unsaturated/α-hetero) is 3. The summed E-state index contributed by atoms with van der Waals surface area (Å²) < 4.78 is 0. The molecule has 1 aliphatic rings. The lowest BCUT2D eigenvalue weighted by Gasteiger charge is -2.01. The number of aromatic amines is 7. The van der Waals surface area contributed by atoms with Crippen LogP contribution in [0.4, 0.5) is 0 Å². The minimum Gasteiger partial charge on any atom is -0.348 e. The van der Waals surface area contributed by atoms with E-state index in [1.54, 1.807) is 45.0 Å². The van der Waals surface area contributed by atoms with Gasteiger partial charge >= 0.3 is 11.4 Å². The summed E-state index contributed by atoms with van der Waals surface area (Å²) in [4.78, 5) is 77.9. The number of H-pyrrole nitrogens is 7. The third kappa shape index (κ3) is 18.5. The van der Waals surface area contributed by atoms with Crippen molar-refractivity contribution in [1.82, 2.24) is 60.9 Å². The number of hydrogen-bond donors (Lipinski definition) is 9. The standard InChI is InChI=1S/C7H10N2O2.2C7H10N2O.C6H10N2O.C6H10N2.C6H12N2/c1-4(2)6(10)5-3-8-7(11)9-5;1-5(2)7(10)6-3-8-4-9-6;1-5(2)7(10)6-3-8-9-4-6;1-4(2)5-3-7-6(9)8-5;1-5(2)6-3-7-4-8-6;1-5(2)6-3-7-8-4-6/h3-4H,1-2H3,(H2,8,9,11);2*3-5H,1-2H3,(H,8,9);3-4H,1-2H3,(H2,7,8,9);3-5H,1-2H3,(H,7,8);3,5,7-8H,4H2,1-2H3. The number of rotatable bonds is 9. The molecule has 56 heavy (non-hydrogen) atoms. The van der Waals surface area contributed by atoms with Crippen LogP contribution < -0.4 is 22.2 Å². The number of imidazole rings is 4. The summed E-state index contributed by atoms with van der Waals surface area (Å²) in [5.41, 5.74) is 10.7. The summed E-state index contributed by atoms with van der Waals surface area (Å²) in [7, 11) is 0. The maximum Gasteiger partial charge on any atom is 0.323 e. The van der Waals surface area contributed by atoms with Crippen molar-refractivity contribution in [2.45, 2.75) is 94.9 Å². The van der Waals surface area contributed by atoms with Crippen LogP contribution in [-0.2, 0) is 0 Å². The first-order valence-corrected chi connectivity index (χ1v) is 18.7. The van der Waals surface area contributed by atoms with E-state index in [0.29, 0.717) is 34.7 Å².